The molecule has 0 saturated carbocycles. The lowest BCUT2D eigenvalue weighted by Crippen LogP contribution is -2.26. The minimum Gasteiger partial charge on any atom is -0.350 e. The second-order valence-corrected chi connectivity index (χ2v) is 6.31. The molecule has 4 rings (SSSR count). The molecule has 0 spiro atoms. The second kappa shape index (κ2) is 7.03. The fraction of sp³-hybridized carbons (Fsp3) is 0.150. The van der Waals surface area contributed by atoms with E-state index in [0.717, 1.165) is 16.9 Å². The average Bonchev–Trinajstić information content (AvgIpc) is 3.32. The van der Waals surface area contributed by atoms with Crippen LogP contribution in [0.2, 0.25) is 0 Å². The molecule has 6 nitrogen and oxygen atoms in total. The van der Waals surface area contributed by atoms with Gasteiger partial charge in [-0.2, -0.15) is 5.10 Å². The number of carbonyl (C=O) groups is 1. The number of pyridine rings is 1. The van der Waals surface area contributed by atoms with Crippen LogP contribution in [0.25, 0.3) is 16.8 Å². The molecule has 0 unspecified atom stereocenters. The first-order valence-corrected chi connectivity index (χ1v) is 8.63. The SMILES string of the molecule is Cc1cc(-c2cc(C(=O)NCCc3ncc4ccccn34)[nH]n2)ccc1F. The summed E-state index contributed by atoms with van der Waals surface area (Å²) in [5, 5.41) is 9.75. The van der Waals surface area contributed by atoms with E-state index in [4.69, 9.17) is 0 Å². The van der Waals surface area contributed by atoms with Crippen molar-refractivity contribution in [2.45, 2.75) is 13.3 Å². The Morgan fingerprint density at radius 1 is 1.26 bits per heavy atom. The standard InChI is InChI=1S/C20H18FN5O/c1-13-10-14(5-6-16(13)21)17-11-18(25-24-17)20(27)22-8-7-19-23-12-15-4-2-3-9-26(15)19/h2-6,9-12H,7-8H2,1H3,(H,22,27)(H,24,25). The van der Waals surface area contributed by atoms with Crippen LogP contribution in [-0.2, 0) is 6.42 Å². The summed E-state index contributed by atoms with van der Waals surface area (Å²) in [6, 6.07) is 12.3. The first kappa shape index (κ1) is 17.0. The van der Waals surface area contributed by atoms with E-state index in [1.165, 1.54) is 6.07 Å². The number of H-pyrrole nitrogens is 1. The molecule has 0 bridgehead atoms. The van der Waals surface area contributed by atoms with Gasteiger partial charge in [-0.05, 0) is 48.9 Å². The Hall–Kier alpha value is -3.48. The molecular formula is C20H18FN5O. The Morgan fingerprint density at radius 2 is 2.15 bits per heavy atom. The number of nitrogens with one attached hydrogen (secondary N) is 2. The lowest BCUT2D eigenvalue weighted by Gasteiger charge is -2.03. The van der Waals surface area contributed by atoms with E-state index in [2.05, 4.69) is 20.5 Å². The van der Waals surface area contributed by atoms with Gasteiger partial charge in [-0.3, -0.25) is 9.89 Å². The van der Waals surface area contributed by atoms with E-state index in [1.807, 2.05) is 35.0 Å². The molecular weight excluding hydrogens is 345 g/mol. The molecule has 3 heterocycles. The zero-order chi connectivity index (χ0) is 18.8. The number of aromatic nitrogens is 4. The van der Waals surface area contributed by atoms with E-state index in [9.17, 15) is 9.18 Å². The van der Waals surface area contributed by atoms with Crippen LogP contribution in [0, 0.1) is 12.7 Å². The van der Waals surface area contributed by atoms with Crippen LogP contribution in [0.5, 0.6) is 0 Å². The van der Waals surface area contributed by atoms with E-state index in [-0.39, 0.29) is 11.7 Å². The highest BCUT2D eigenvalue weighted by Gasteiger charge is 2.12. The number of imidazole rings is 1. The van der Waals surface area contributed by atoms with Crippen LogP contribution in [0.3, 0.4) is 0 Å². The molecule has 0 saturated heterocycles. The van der Waals surface area contributed by atoms with Gasteiger partial charge >= 0.3 is 0 Å². The number of hydrogen-bond donors (Lipinski definition) is 2. The largest absolute Gasteiger partial charge is 0.350 e. The van der Waals surface area contributed by atoms with Crippen LogP contribution in [0.4, 0.5) is 4.39 Å². The molecule has 1 amide bonds. The number of hydrogen-bond acceptors (Lipinski definition) is 3. The second-order valence-electron chi connectivity index (χ2n) is 6.31. The zero-order valence-corrected chi connectivity index (χ0v) is 14.7. The molecule has 7 heteroatoms. The molecule has 27 heavy (non-hydrogen) atoms. The number of nitrogens with zero attached hydrogens (tertiary/aromatic N) is 3. The van der Waals surface area contributed by atoms with Gasteiger partial charge in [-0.1, -0.05) is 6.07 Å². The quantitative estimate of drug-likeness (QED) is 0.572. The highest BCUT2D eigenvalue weighted by atomic mass is 19.1. The number of carbonyl (C=O) groups excluding carboxylic acids is 1. The number of benzene rings is 1. The molecule has 0 atom stereocenters. The Morgan fingerprint density at radius 3 is 3.00 bits per heavy atom. The van der Waals surface area contributed by atoms with Gasteiger partial charge in [-0.15, -0.1) is 0 Å². The molecule has 136 valence electrons. The summed E-state index contributed by atoms with van der Waals surface area (Å²) >= 11 is 0. The monoisotopic (exact) mass is 363 g/mol. The third kappa shape index (κ3) is 3.44. The Labute approximate surface area is 155 Å². The van der Waals surface area contributed by atoms with E-state index >= 15 is 0 Å². The number of rotatable bonds is 5. The normalized spacial score (nSPS) is 11.0. The number of fused-ring (bicyclic) bond motifs is 1. The van der Waals surface area contributed by atoms with Gasteiger partial charge < -0.3 is 9.72 Å². The molecule has 4 aromatic rings. The Bertz CT molecular complexity index is 1110. The third-order valence-electron chi connectivity index (χ3n) is 4.43. The summed E-state index contributed by atoms with van der Waals surface area (Å²) in [4.78, 5) is 16.7. The predicted octanol–water partition coefficient (Wildman–Crippen LogP) is 3.14. The maximum absolute atomic E-state index is 13.4. The number of halogens is 1. The summed E-state index contributed by atoms with van der Waals surface area (Å²) in [5.41, 5.74) is 3.27. The fourth-order valence-electron chi connectivity index (χ4n) is 2.96. The summed E-state index contributed by atoms with van der Waals surface area (Å²) in [7, 11) is 0. The molecule has 0 radical (unpaired) electrons. The zero-order valence-electron chi connectivity index (χ0n) is 14.7. The first-order valence-electron chi connectivity index (χ1n) is 8.63. The molecule has 0 aliphatic rings. The summed E-state index contributed by atoms with van der Waals surface area (Å²) in [5.74, 6) is 0.380. The van der Waals surface area contributed by atoms with Crippen LogP contribution in [-0.4, -0.2) is 32.0 Å². The van der Waals surface area contributed by atoms with E-state index in [1.54, 1.807) is 25.1 Å². The van der Waals surface area contributed by atoms with Crippen LogP contribution in [0.1, 0.15) is 21.9 Å². The van der Waals surface area contributed by atoms with E-state index in [0.29, 0.717) is 29.9 Å². The van der Waals surface area contributed by atoms with Gasteiger partial charge in [0.15, 0.2) is 0 Å². The third-order valence-corrected chi connectivity index (χ3v) is 4.43. The van der Waals surface area contributed by atoms with E-state index < -0.39 is 0 Å². The average molecular weight is 363 g/mol. The highest BCUT2D eigenvalue weighted by molar-refractivity contribution is 5.93. The van der Waals surface area contributed by atoms with Crippen LogP contribution < -0.4 is 5.32 Å². The maximum atomic E-state index is 13.4. The Balaban J connectivity index is 1.40. The Kier molecular flexibility index (Phi) is 4.42. The fourth-order valence-corrected chi connectivity index (χ4v) is 2.96. The summed E-state index contributed by atoms with van der Waals surface area (Å²) in [6.45, 7) is 2.15. The topological polar surface area (TPSA) is 75.1 Å². The molecule has 0 aliphatic carbocycles. The lowest BCUT2D eigenvalue weighted by molar-refractivity contribution is 0.0949. The smallest absolute Gasteiger partial charge is 0.269 e. The van der Waals surface area contributed by atoms with Gasteiger partial charge in [0.2, 0.25) is 0 Å². The van der Waals surface area contributed by atoms with Gasteiger partial charge in [0.1, 0.15) is 17.3 Å². The highest BCUT2D eigenvalue weighted by Crippen LogP contribution is 2.20. The van der Waals surface area contributed by atoms with Crippen molar-refractivity contribution in [2.75, 3.05) is 6.54 Å². The predicted molar refractivity (Wildman–Crippen MR) is 99.9 cm³/mol. The first-order chi connectivity index (χ1) is 13.1. The van der Waals surface area contributed by atoms with Gasteiger partial charge in [0, 0.05) is 24.7 Å². The van der Waals surface area contributed by atoms with Gasteiger partial charge in [0.05, 0.1) is 17.4 Å². The molecule has 2 N–H and O–H groups in total. The van der Waals surface area contributed by atoms with Crippen molar-refractivity contribution in [3.05, 3.63) is 77.8 Å². The van der Waals surface area contributed by atoms with Crippen molar-refractivity contribution in [1.82, 2.24) is 24.9 Å². The molecule has 0 fully saturated rings. The lowest BCUT2D eigenvalue weighted by atomic mass is 10.1. The van der Waals surface area contributed by atoms with Crippen molar-refractivity contribution in [2.24, 2.45) is 0 Å². The minimum absolute atomic E-state index is 0.242. The molecule has 1 aromatic carbocycles. The van der Waals surface area contributed by atoms with Crippen LogP contribution in [0.15, 0.2) is 54.9 Å². The van der Waals surface area contributed by atoms with Crippen molar-refractivity contribution in [1.29, 1.82) is 0 Å². The number of aromatic amines is 1. The number of amides is 1. The van der Waals surface area contributed by atoms with Crippen molar-refractivity contribution in [3.63, 3.8) is 0 Å². The summed E-state index contributed by atoms with van der Waals surface area (Å²) in [6.07, 6.45) is 4.37. The van der Waals surface area contributed by atoms with Gasteiger partial charge in [0.25, 0.3) is 5.91 Å². The van der Waals surface area contributed by atoms with Crippen molar-refractivity contribution >= 4 is 11.4 Å². The number of aryl methyl sites for hydroxylation is 1. The minimum atomic E-state index is -0.265. The van der Waals surface area contributed by atoms with Crippen LogP contribution >= 0.6 is 0 Å². The van der Waals surface area contributed by atoms with Crippen molar-refractivity contribution < 1.29 is 9.18 Å². The van der Waals surface area contributed by atoms with Gasteiger partial charge in [-0.25, -0.2) is 9.37 Å². The maximum Gasteiger partial charge on any atom is 0.269 e. The molecule has 0 aliphatic heterocycles. The molecule has 3 aromatic heterocycles. The van der Waals surface area contributed by atoms with Crippen molar-refractivity contribution in [3.8, 4) is 11.3 Å². The summed E-state index contributed by atoms with van der Waals surface area (Å²) < 4.78 is 15.4.